The zero-order valence-corrected chi connectivity index (χ0v) is 29.1. The molecule has 0 saturated heterocycles. The van der Waals surface area contributed by atoms with Gasteiger partial charge < -0.3 is 0 Å². The van der Waals surface area contributed by atoms with Crippen LogP contribution in [-0.2, 0) is 0 Å². The van der Waals surface area contributed by atoms with Crippen LogP contribution >= 0.6 is 0 Å². The molecule has 2 nitrogen and oxygen atoms in total. The maximum atomic E-state index is 5.06. The van der Waals surface area contributed by atoms with Gasteiger partial charge in [0.25, 0.3) is 0 Å². The molecule has 0 aliphatic heterocycles. The molecule has 0 unspecified atom stereocenters. The van der Waals surface area contributed by atoms with Gasteiger partial charge in [0.15, 0.2) is 5.82 Å². The van der Waals surface area contributed by atoms with Crippen molar-refractivity contribution in [3.8, 4) is 33.9 Å². The lowest BCUT2D eigenvalue weighted by molar-refractivity contribution is 1.18. The molecular weight excluding hydrogens is 629 g/mol. The van der Waals surface area contributed by atoms with Crippen LogP contribution in [0.4, 0.5) is 0 Å². The summed E-state index contributed by atoms with van der Waals surface area (Å²) < 4.78 is 0. The highest BCUT2D eigenvalue weighted by Crippen LogP contribution is 2.37. The van der Waals surface area contributed by atoms with E-state index < -0.39 is 0 Å². The van der Waals surface area contributed by atoms with Crippen LogP contribution in [0.1, 0.15) is 27.8 Å². The smallest absolute Gasteiger partial charge is 0.160 e. The van der Waals surface area contributed by atoms with Crippen LogP contribution in [0, 0.1) is 6.92 Å². The number of hydrogen-bond acceptors (Lipinski definition) is 2. The predicted octanol–water partition coefficient (Wildman–Crippen LogP) is 13.0. The number of nitrogens with zero attached hydrogens (tertiary/aromatic N) is 2. The Morgan fingerprint density at radius 2 is 1.23 bits per heavy atom. The Labute approximate surface area is 305 Å². The lowest BCUT2D eigenvalue weighted by Gasteiger charge is -2.15. The maximum absolute atomic E-state index is 5.06. The topological polar surface area (TPSA) is 25.8 Å². The monoisotopic (exact) mass is 664 g/mol. The Balaban J connectivity index is 1.22. The number of fused-ring (bicyclic) bond motifs is 3. The van der Waals surface area contributed by atoms with Crippen LogP contribution in [0.25, 0.3) is 72.7 Å². The molecule has 2 heteroatoms. The molecule has 1 heterocycles. The third-order valence-electron chi connectivity index (χ3n) is 9.61. The molecular formula is C50H36N2. The van der Waals surface area contributed by atoms with Crippen LogP contribution < -0.4 is 0 Å². The minimum atomic E-state index is 0.679. The van der Waals surface area contributed by atoms with E-state index in [0.717, 1.165) is 61.5 Å². The summed E-state index contributed by atoms with van der Waals surface area (Å²) >= 11 is 0. The number of hydrogen-bond donors (Lipinski definition) is 0. The molecule has 0 radical (unpaired) electrons. The summed E-state index contributed by atoms with van der Waals surface area (Å²) in [4.78, 5) is 10.1. The second-order valence-corrected chi connectivity index (χ2v) is 12.9. The zero-order chi connectivity index (χ0) is 35.4. The van der Waals surface area contributed by atoms with Gasteiger partial charge in [0.1, 0.15) is 0 Å². The average molecular weight is 665 g/mol. The normalized spacial score (nSPS) is 10.9. The molecule has 0 saturated carbocycles. The molecule has 52 heavy (non-hydrogen) atoms. The number of aromatic nitrogens is 2. The fourth-order valence-electron chi connectivity index (χ4n) is 6.87. The summed E-state index contributed by atoms with van der Waals surface area (Å²) in [5, 5.41) is 4.80. The maximum Gasteiger partial charge on any atom is 0.160 e. The van der Waals surface area contributed by atoms with Gasteiger partial charge in [-0.25, -0.2) is 9.97 Å². The Morgan fingerprint density at radius 3 is 2.02 bits per heavy atom. The predicted molar refractivity (Wildman–Crippen MR) is 221 cm³/mol. The number of allylic oxidation sites excluding steroid dienone is 2. The van der Waals surface area contributed by atoms with Crippen molar-refractivity contribution in [2.45, 2.75) is 6.92 Å². The number of rotatable bonds is 8. The van der Waals surface area contributed by atoms with Crippen LogP contribution in [0.2, 0.25) is 0 Å². The molecule has 0 amide bonds. The van der Waals surface area contributed by atoms with Crippen molar-refractivity contribution in [3.05, 3.63) is 217 Å². The first-order valence-corrected chi connectivity index (χ1v) is 17.5. The van der Waals surface area contributed by atoms with E-state index in [1.807, 2.05) is 36.4 Å². The van der Waals surface area contributed by atoms with E-state index in [4.69, 9.17) is 9.97 Å². The Morgan fingerprint density at radius 1 is 0.577 bits per heavy atom. The number of aryl methyl sites for hydroxylation is 1. The quantitative estimate of drug-likeness (QED) is 0.0918. The van der Waals surface area contributed by atoms with Crippen LogP contribution in [0.3, 0.4) is 0 Å². The van der Waals surface area contributed by atoms with Crippen LogP contribution in [0.5, 0.6) is 0 Å². The second kappa shape index (κ2) is 14.2. The van der Waals surface area contributed by atoms with Gasteiger partial charge in [-0.15, -0.1) is 5.73 Å². The van der Waals surface area contributed by atoms with Crippen LogP contribution in [0.15, 0.2) is 189 Å². The minimum Gasteiger partial charge on any atom is -0.228 e. The van der Waals surface area contributed by atoms with Crippen molar-refractivity contribution in [1.82, 2.24) is 9.97 Å². The fraction of sp³-hybridized carbons (Fsp3) is 0.0200. The van der Waals surface area contributed by atoms with E-state index >= 15 is 0 Å². The molecule has 8 aromatic rings. The lowest BCUT2D eigenvalue weighted by Crippen LogP contribution is -1.97. The summed E-state index contributed by atoms with van der Waals surface area (Å²) in [5.74, 6) is 0.679. The van der Waals surface area contributed by atoms with E-state index in [0.29, 0.717) is 5.82 Å². The second-order valence-electron chi connectivity index (χ2n) is 12.9. The molecule has 0 fully saturated rings. The van der Waals surface area contributed by atoms with Crippen molar-refractivity contribution in [2.24, 2.45) is 0 Å². The fourth-order valence-corrected chi connectivity index (χ4v) is 6.87. The first-order chi connectivity index (χ1) is 25.6. The first kappa shape index (κ1) is 32.4. The highest BCUT2D eigenvalue weighted by atomic mass is 14.9. The van der Waals surface area contributed by atoms with E-state index in [9.17, 15) is 0 Å². The van der Waals surface area contributed by atoms with Crippen LogP contribution in [-0.4, -0.2) is 9.97 Å². The highest BCUT2D eigenvalue weighted by Gasteiger charge is 2.15. The third-order valence-corrected chi connectivity index (χ3v) is 9.61. The van der Waals surface area contributed by atoms with Gasteiger partial charge in [0.2, 0.25) is 0 Å². The summed E-state index contributed by atoms with van der Waals surface area (Å²) in [5.41, 5.74) is 15.8. The van der Waals surface area contributed by atoms with Gasteiger partial charge in [-0.1, -0.05) is 171 Å². The summed E-state index contributed by atoms with van der Waals surface area (Å²) in [6.07, 6.45) is 3.91. The molecule has 246 valence electrons. The Bertz CT molecular complexity index is 2690. The van der Waals surface area contributed by atoms with Crippen molar-refractivity contribution in [3.63, 3.8) is 0 Å². The molecule has 0 N–H and O–H groups in total. The van der Waals surface area contributed by atoms with E-state index in [2.05, 4.69) is 165 Å². The molecule has 1 aromatic heterocycles. The lowest BCUT2D eigenvalue weighted by atomic mass is 9.88. The van der Waals surface area contributed by atoms with E-state index in [1.54, 1.807) is 0 Å². The van der Waals surface area contributed by atoms with Crippen molar-refractivity contribution >= 4 is 38.8 Å². The molecule has 8 rings (SSSR count). The molecule has 7 aromatic carbocycles. The van der Waals surface area contributed by atoms with Gasteiger partial charge in [0.05, 0.1) is 11.4 Å². The van der Waals surface area contributed by atoms with E-state index in [-0.39, 0.29) is 0 Å². The van der Waals surface area contributed by atoms with E-state index in [1.165, 1.54) is 27.1 Å². The zero-order valence-electron chi connectivity index (χ0n) is 29.1. The summed E-state index contributed by atoms with van der Waals surface area (Å²) in [7, 11) is 0. The molecule has 0 bridgehead atoms. The Kier molecular flexibility index (Phi) is 8.82. The van der Waals surface area contributed by atoms with Crippen molar-refractivity contribution < 1.29 is 0 Å². The SMILES string of the molecule is C=Cc1ccccc1C(=C=CC(=C)c1ccc(-c2nc(-c3ccccc3)cc(-c3ccccc3C)n2)cc1)c1cc2ccccc2c2ccccc12. The third kappa shape index (κ3) is 6.32. The average Bonchev–Trinajstić information content (AvgIpc) is 3.21. The first-order valence-electron chi connectivity index (χ1n) is 17.5. The van der Waals surface area contributed by atoms with Crippen molar-refractivity contribution in [1.29, 1.82) is 0 Å². The molecule has 0 spiro atoms. The minimum absolute atomic E-state index is 0.679. The van der Waals surface area contributed by atoms with Gasteiger partial charge in [-0.3, -0.25) is 0 Å². The largest absolute Gasteiger partial charge is 0.228 e. The molecule has 0 atom stereocenters. The van der Waals surface area contributed by atoms with Gasteiger partial charge in [-0.05, 0) is 80.1 Å². The van der Waals surface area contributed by atoms with Gasteiger partial charge in [-0.2, -0.15) is 0 Å². The summed E-state index contributed by atoms with van der Waals surface area (Å²) in [6, 6.07) is 56.8. The summed E-state index contributed by atoms with van der Waals surface area (Å²) in [6.45, 7) is 10.7. The number of benzene rings is 7. The molecule has 0 aliphatic carbocycles. The Hall–Kier alpha value is -6.86. The highest BCUT2D eigenvalue weighted by molar-refractivity contribution is 6.13. The molecule has 0 aliphatic rings. The van der Waals surface area contributed by atoms with Crippen molar-refractivity contribution in [2.75, 3.05) is 0 Å². The van der Waals surface area contributed by atoms with Gasteiger partial charge in [0, 0.05) is 22.3 Å². The standard InChI is InChI=1S/C50H36N2/c1-4-36-17-9-12-22-42(36)46(47-32-40-20-10-13-23-43(40)44-24-14-15-25-45(44)47)31-26-34(2)37-27-29-39(30-28-37)50-51-48(38-18-6-5-7-19-38)33-49(52-50)41-21-11-8-16-35(41)3/h4-30,32-33H,1-2H2,3H3. The van der Waals surface area contributed by atoms with Gasteiger partial charge >= 0.3 is 0 Å².